The van der Waals surface area contributed by atoms with Gasteiger partial charge in [0.15, 0.2) is 0 Å². The van der Waals surface area contributed by atoms with E-state index in [9.17, 15) is 8.42 Å². The minimum atomic E-state index is -3.26. The zero-order chi connectivity index (χ0) is 11.1. The normalized spacial score (nSPS) is 19.3. The molecule has 0 bridgehead atoms. The summed E-state index contributed by atoms with van der Waals surface area (Å²) in [6.07, 6.45) is 3.06. The van der Waals surface area contributed by atoms with Crippen LogP contribution in [0.5, 0.6) is 0 Å². The quantitative estimate of drug-likeness (QED) is 0.677. The van der Waals surface area contributed by atoms with Crippen molar-refractivity contribution < 1.29 is 13.2 Å². The van der Waals surface area contributed by atoms with E-state index < -0.39 is 10.2 Å². The summed E-state index contributed by atoms with van der Waals surface area (Å²) in [6, 6.07) is 0. The Labute approximate surface area is 92.0 Å². The Morgan fingerprint density at radius 2 is 1.93 bits per heavy atom. The first-order chi connectivity index (χ1) is 7.17. The lowest BCUT2D eigenvalue weighted by atomic mass is 10.2. The van der Waals surface area contributed by atoms with Crippen molar-refractivity contribution in [1.82, 2.24) is 9.03 Å². The first-order valence-corrected chi connectivity index (χ1v) is 6.93. The van der Waals surface area contributed by atoms with Crippen molar-refractivity contribution in [1.29, 1.82) is 0 Å². The highest BCUT2D eigenvalue weighted by molar-refractivity contribution is 7.87. The van der Waals surface area contributed by atoms with Crippen LogP contribution in [0.15, 0.2) is 0 Å². The summed E-state index contributed by atoms with van der Waals surface area (Å²) in [7, 11) is -3.26. The number of hydrogen-bond donors (Lipinski definition) is 1. The molecule has 5 nitrogen and oxygen atoms in total. The standard InChI is InChI=1S/C9H20N2O3S/c1-2-14-9-6-10-15(12,13)11-7-4-3-5-8-11/h10H,2-9H2,1H3. The van der Waals surface area contributed by atoms with Crippen LogP contribution in [0.2, 0.25) is 0 Å². The molecule has 0 atom stereocenters. The maximum absolute atomic E-state index is 11.7. The molecule has 0 spiro atoms. The molecular weight excluding hydrogens is 216 g/mol. The lowest BCUT2D eigenvalue weighted by Crippen LogP contribution is -2.44. The molecule has 0 aromatic carbocycles. The summed E-state index contributed by atoms with van der Waals surface area (Å²) in [5, 5.41) is 0. The number of ether oxygens (including phenoxy) is 1. The largest absolute Gasteiger partial charge is 0.380 e. The third-order valence-corrected chi connectivity index (χ3v) is 4.00. The molecule has 0 saturated carbocycles. The van der Waals surface area contributed by atoms with Crippen LogP contribution in [0.4, 0.5) is 0 Å². The van der Waals surface area contributed by atoms with Gasteiger partial charge in [0.25, 0.3) is 10.2 Å². The molecule has 1 aliphatic heterocycles. The number of piperidine rings is 1. The van der Waals surface area contributed by atoms with Gasteiger partial charge in [-0.2, -0.15) is 17.4 Å². The second kappa shape index (κ2) is 6.42. The van der Waals surface area contributed by atoms with E-state index in [1.54, 1.807) is 0 Å². The third-order valence-electron chi connectivity index (χ3n) is 2.39. The van der Waals surface area contributed by atoms with Crippen LogP contribution in [0, 0.1) is 0 Å². The number of nitrogens with zero attached hydrogens (tertiary/aromatic N) is 1. The zero-order valence-electron chi connectivity index (χ0n) is 9.24. The minimum absolute atomic E-state index is 0.354. The number of nitrogens with one attached hydrogen (secondary N) is 1. The van der Waals surface area contributed by atoms with E-state index in [1.165, 1.54) is 4.31 Å². The van der Waals surface area contributed by atoms with E-state index in [4.69, 9.17) is 4.74 Å². The van der Waals surface area contributed by atoms with Gasteiger partial charge >= 0.3 is 0 Å². The van der Waals surface area contributed by atoms with Crippen LogP contribution < -0.4 is 4.72 Å². The SMILES string of the molecule is CCOCCNS(=O)(=O)N1CCCCC1. The van der Waals surface area contributed by atoms with E-state index >= 15 is 0 Å². The highest BCUT2D eigenvalue weighted by Gasteiger charge is 2.22. The van der Waals surface area contributed by atoms with E-state index in [0.29, 0.717) is 32.8 Å². The van der Waals surface area contributed by atoms with Crippen LogP contribution in [0.25, 0.3) is 0 Å². The molecular formula is C9H20N2O3S. The van der Waals surface area contributed by atoms with E-state index in [-0.39, 0.29) is 0 Å². The van der Waals surface area contributed by atoms with Gasteiger partial charge in [-0.15, -0.1) is 0 Å². The van der Waals surface area contributed by atoms with Crippen molar-refractivity contribution in [2.75, 3.05) is 32.8 Å². The average molecular weight is 236 g/mol. The minimum Gasteiger partial charge on any atom is -0.380 e. The first-order valence-electron chi connectivity index (χ1n) is 5.49. The summed E-state index contributed by atoms with van der Waals surface area (Å²) >= 11 is 0. The van der Waals surface area contributed by atoms with Gasteiger partial charge in [-0.1, -0.05) is 6.42 Å². The first kappa shape index (κ1) is 12.9. The molecule has 1 N–H and O–H groups in total. The Hall–Kier alpha value is -0.170. The lowest BCUT2D eigenvalue weighted by Gasteiger charge is -2.25. The Bertz CT molecular complexity index is 261. The van der Waals surface area contributed by atoms with Gasteiger partial charge in [0.2, 0.25) is 0 Å². The molecule has 0 aliphatic carbocycles. The molecule has 1 saturated heterocycles. The third kappa shape index (κ3) is 4.46. The number of rotatable bonds is 6. The zero-order valence-corrected chi connectivity index (χ0v) is 10.1. The predicted octanol–water partition coefficient (Wildman–Crippen LogP) is 0.343. The van der Waals surface area contributed by atoms with Crippen molar-refractivity contribution in [2.45, 2.75) is 26.2 Å². The Kier molecular flexibility index (Phi) is 5.52. The average Bonchev–Trinajstić information content (AvgIpc) is 2.26. The van der Waals surface area contributed by atoms with Gasteiger partial charge in [0.05, 0.1) is 6.61 Å². The molecule has 0 amide bonds. The van der Waals surface area contributed by atoms with Crippen LogP contribution in [-0.4, -0.2) is 45.6 Å². The van der Waals surface area contributed by atoms with Crippen LogP contribution in [0.1, 0.15) is 26.2 Å². The Morgan fingerprint density at radius 1 is 1.27 bits per heavy atom. The smallest absolute Gasteiger partial charge is 0.279 e. The van der Waals surface area contributed by atoms with Crippen molar-refractivity contribution in [3.8, 4) is 0 Å². The molecule has 15 heavy (non-hydrogen) atoms. The molecule has 90 valence electrons. The van der Waals surface area contributed by atoms with E-state index in [1.807, 2.05) is 6.92 Å². The van der Waals surface area contributed by atoms with Gasteiger partial charge < -0.3 is 4.74 Å². The van der Waals surface area contributed by atoms with Crippen LogP contribution in [0.3, 0.4) is 0 Å². The maximum Gasteiger partial charge on any atom is 0.279 e. The van der Waals surface area contributed by atoms with Gasteiger partial charge in [-0.05, 0) is 19.8 Å². The second-order valence-corrected chi connectivity index (χ2v) is 5.31. The van der Waals surface area contributed by atoms with Crippen molar-refractivity contribution in [3.05, 3.63) is 0 Å². The molecule has 0 unspecified atom stereocenters. The maximum atomic E-state index is 11.7. The van der Waals surface area contributed by atoms with Gasteiger partial charge in [-0.3, -0.25) is 0 Å². The summed E-state index contributed by atoms with van der Waals surface area (Å²) < 4.78 is 32.5. The second-order valence-electron chi connectivity index (χ2n) is 3.56. The molecule has 0 aromatic rings. The molecule has 0 aromatic heterocycles. The molecule has 1 rings (SSSR count). The summed E-state index contributed by atoms with van der Waals surface area (Å²) in [4.78, 5) is 0. The highest BCUT2D eigenvalue weighted by atomic mass is 32.2. The van der Waals surface area contributed by atoms with Crippen LogP contribution >= 0.6 is 0 Å². The van der Waals surface area contributed by atoms with E-state index in [0.717, 1.165) is 19.3 Å². The number of hydrogen-bond acceptors (Lipinski definition) is 3. The summed E-state index contributed by atoms with van der Waals surface area (Å²) in [5.74, 6) is 0. The van der Waals surface area contributed by atoms with Crippen molar-refractivity contribution in [3.63, 3.8) is 0 Å². The molecule has 0 radical (unpaired) electrons. The predicted molar refractivity (Wildman–Crippen MR) is 58.8 cm³/mol. The molecule has 6 heteroatoms. The fraction of sp³-hybridized carbons (Fsp3) is 1.00. The molecule has 1 aliphatic rings. The Morgan fingerprint density at radius 3 is 2.53 bits per heavy atom. The topological polar surface area (TPSA) is 58.6 Å². The van der Waals surface area contributed by atoms with Crippen molar-refractivity contribution in [2.24, 2.45) is 0 Å². The highest BCUT2D eigenvalue weighted by Crippen LogP contribution is 2.11. The molecule has 1 fully saturated rings. The fourth-order valence-corrected chi connectivity index (χ4v) is 2.85. The summed E-state index contributed by atoms with van der Waals surface area (Å²) in [6.45, 7) is 4.58. The van der Waals surface area contributed by atoms with E-state index in [2.05, 4.69) is 4.72 Å². The molecule has 1 heterocycles. The summed E-state index contributed by atoms with van der Waals surface area (Å²) in [5.41, 5.74) is 0. The lowest BCUT2D eigenvalue weighted by molar-refractivity contribution is 0.152. The van der Waals surface area contributed by atoms with Gasteiger partial charge in [0, 0.05) is 26.2 Å². The fourth-order valence-electron chi connectivity index (χ4n) is 1.58. The van der Waals surface area contributed by atoms with Crippen LogP contribution in [-0.2, 0) is 14.9 Å². The monoisotopic (exact) mass is 236 g/mol. The van der Waals surface area contributed by atoms with Gasteiger partial charge in [-0.25, -0.2) is 0 Å². The Balaban J connectivity index is 2.30. The van der Waals surface area contributed by atoms with Crippen molar-refractivity contribution >= 4 is 10.2 Å². The van der Waals surface area contributed by atoms with Gasteiger partial charge in [0.1, 0.15) is 0 Å².